The number of ether oxygens (including phenoxy) is 1. The highest BCUT2D eigenvalue weighted by Crippen LogP contribution is 2.53. The molecule has 0 amide bonds. The van der Waals surface area contributed by atoms with Crippen LogP contribution in [0.4, 0.5) is 0 Å². The Hall–Kier alpha value is -1.91. The fourth-order valence-corrected chi connectivity index (χ4v) is 6.00. The SMILES string of the molecule is CSc1ccc(-c2cc(C)c(C3C(=O)[C@@H]4C5CCC(O5)[C@@H]4C3=O)c(C)c2)cc1. The summed E-state index contributed by atoms with van der Waals surface area (Å²) in [5, 5.41) is 0. The van der Waals surface area contributed by atoms with Gasteiger partial charge in [0.25, 0.3) is 0 Å². The maximum atomic E-state index is 13.2. The van der Waals surface area contributed by atoms with Crippen LogP contribution in [0.5, 0.6) is 0 Å². The van der Waals surface area contributed by atoms with Crippen molar-refractivity contribution >= 4 is 23.3 Å². The predicted molar refractivity (Wildman–Crippen MR) is 111 cm³/mol. The second-order valence-corrected chi connectivity index (χ2v) is 9.21. The highest BCUT2D eigenvalue weighted by molar-refractivity contribution is 7.98. The summed E-state index contributed by atoms with van der Waals surface area (Å²) >= 11 is 1.73. The van der Waals surface area contributed by atoms with E-state index < -0.39 is 5.92 Å². The van der Waals surface area contributed by atoms with Gasteiger partial charge in [0, 0.05) is 4.90 Å². The van der Waals surface area contributed by atoms with Gasteiger partial charge >= 0.3 is 0 Å². The van der Waals surface area contributed by atoms with Gasteiger partial charge in [0.15, 0.2) is 11.6 Å². The molecule has 1 aliphatic carbocycles. The van der Waals surface area contributed by atoms with Crippen LogP contribution >= 0.6 is 11.8 Å². The number of fused-ring (bicyclic) bond motifs is 5. The van der Waals surface area contributed by atoms with Gasteiger partial charge in [-0.1, -0.05) is 24.3 Å². The van der Waals surface area contributed by atoms with Gasteiger partial charge in [0.1, 0.15) is 5.92 Å². The van der Waals surface area contributed by atoms with Crippen LogP contribution in [-0.4, -0.2) is 30.0 Å². The maximum Gasteiger partial charge on any atom is 0.154 e. The van der Waals surface area contributed by atoms with Crippen LogP contribution in [0, 0.1) is 25.7 Å². The molecule has 3 aliphatic rings. The summed E-state index contributed by atoms with van der Waals surface area (Å²) in [7, 11) is 0. The minimum absolute atomic E-state index is 0.0358. The lowest BCUT2D eigenvalue weighted by molar-refractivity contribution is -0.127. The van der Waals surface area contributed by atoms with Crippen molar-refractivity contribution in [2.24, 2.45) is 11.8 Å². The first-order chi connectivity index (χ1) is 13.5. The predicted octanol–water partition coefficient (Wildman–Crippen LogP) is 4.72. The highest BCUT2D eigenvalue weighted by Gasteiger charge is 2.63. The number of benzene rings is 2. The molecule has 3 fully saturated rings. The molecule has 28 heavy (non-hydrogen) atoms. The van der Waals surface area contributed by atoms with E-state index in [1.807, 2.05) is 13.8 Å². The van der Waals surface area contributed by atoms with Crippen LogP contribution in [0.15, 0.2) is 41.3 Å². The molecular weight excluding hydrogens is 368 g/mol. The van der Waals surface area contributed by atoms with Crippen molar-refractivity contribution in [2.45, 2.75) is 49.7 Å². The fourth-order valence-electron chi connectivity index (χ4n) is 5.59. The Bertz CT molecular complexity index is 927. The Labute approximate surface area is 169 Å². The average molecular weight is 393 g/mol. The molecule has 0 radical (unpaired) electrons. The first kappa shape index (κ1) is 18.1. The van der Waals surface area contributed by atoms with Gasteiger partial charge in [-0.3, -0.25) is 9.59 Å². The van der Waals surface area contributed by atoms with Crippen LogP contribution in [0.2, 0.25) is 0 Å². The van der Waals surface area contributed by atoms with Gasteiger partial charge < -0.3 is 4.74 Å². The quantitative estimate of drug-likeness (QED) is 0.560. The first-order valence-electron chi connectivity index (χ1n) is 9.98. The molecule has 0 spiro atoms. The largest absolute Gasteiger partial charge is 0.373 e. The molecule has 2 heterocycles. The third kappa shape index (κ3) is 2.54. The van der Waals surface area contributed by atoms with Crippen LogP contribution in [0.3, 0.4) is 0 Å². The van der Waals surface area contributed by atoms with Gasteiger partial charge in [0.2, 0.25) is 0 Å². The van der Waals surface area contributed by atoms with Crippen molar-refractivity contribution in [3.05, 3.63) is 53.1 Å². The van der Waals surface area contributed by atoms with Crippen molar-refractivity contribution in [1.82, 2.24) is 0 Å². The van der Waals surface area contributed by atoms with E-state index in [0.717, 1.165) is 40.7 Å². The Balaban J connectivity index is 1.52. The van der Waals surface area contributed by atoms with E-state index in [1.54, 1.807) is 11.8 Å². The standard InChI is InChI=1S/C24H24O3S/c1-12-10-15(14-4-6-16(28-3)7-5-14)11-13(2)19(12)22-23(25)20-17-8-9-18(27-17)21(20)24(22)26/h4-7,10-11,17-18,20-22H,8-9H2,1-3H3/t17?,18?,20-,21+,22?. The molecule has 0 aromatic heterocycles. The third-order valence-corrected chi connectivity index (χ3v) is 7.55. The Morgan fingerprint density at radius 1 is 0.857 bits per heavy atom. The molecule has 3 unspecified atom stereocenters. The monoisotopic (exact) mass is 392 g/mol. The Morgan fingerprint density at radius 3 is 1.89 bits per heavy atom. The van der Waals surface area contributed by atoms with Gasteiger partial charge in [-0.15, -0.1) is 11.8 Å². The van der Waals surface area contributed by atoms with Crippen molar-refractivity contribution in [2.75, 3.05) is 6.26 Å². The lowest BCUT2D eigenvalue weighted by atomic mass is 9.81. The number of hydrogen-bond donors (Lipinski definition) is 0. The van der Waals surface area contributed by atoms with E-state index in [2.05, 4.69) is 42.7 Å². The minimum atomic E-state index is -0.602. The molecule has 5 atom stereocenters. The zero-order valence-electron chi connectivity index (χ0n) is 16.4. The van der Waals surface area contributed by atoms with Crippen LogP contribution in [0.1, 0.15) is 35.4 Å². The summed E-state index contributed by atoms with van der Waals surface area (Å²) in [6.45, 7) is 4.06. The second-order valence-electron chi connectivity index (χ2n) is 8.33. The molecule has 2 saturated heterocycles. The van der Waals surface area contributed by atoms with Crippen LogP contribution in [0.25, 0.3) is 11.1 Å². The number of Topliss-reactive ketones (excluding diaryl/α,β-unsaturated/α-hetero) is 2. The maximum absolute atomic E-state index is 13.2. The average Bonchev–Trinajstić information content (AvgIpc) is 3.37. The van der Waals surface area contributed by atoms with Crippen molar-refractivity contribution in [1.29, 1.82) is 0 Å². The molecule has 2 aromatic rings. The van der Waals surface area contributed by atoms with Gasteiger partial charge in [-0.25, -0.2) is 0 Å². The summed E-state index contributed by atoms with van der Waals surface area (Å²) in [5.41, 5.74) is 5.27. The second kappa shape index (κ2) is 6.57. The van der Waals surface area contributed by atoms with Crippen LogP contribution < -0.4 is 0 Å². The van der Waals surface area contributed by atoms with Crippen LogP contribution in [-0.2, 0) is 14.3 Å². The van der Waals surface area contributed by atoms with Gasteiger partial charge in [0.05, 0.1) is 24.0 Å². The van der Waals surface area contributed by atoms with E-state index in [1.165, 1.54) is 4.90 Å². The normalized spacial score (nSPS) is 30.9. The highest BCUT2D eigenvalue weighted by atomic mass is 32.2. The molecular formula is C24H24O3S. The molecule has 3 nitrogen and oxygen atoms in total. The summed E-state index contributed by atoms with van der Waals surface area (Å²) in [4.78, 5) is 27.7. The summed E-state index contributed by atoms with van der Waals surface area (Å²) < 4.78 is 5.88. The van der Waals surface area contributed by atoms with Crippen molar-refractivity contribution in [3.63, 3.8) is 0 Å². The van der Waals surface area contributed by atoms with Crippen molar-refractivity contribution in [3.8, 4) is 11.1 Å². The Kier molecular flexibility index (Phi) is 4.25. The molecule has 1 saturated carbocycles. The summed E-state index contributed by atoms with van der Waals surface area (Å²) in [6.07, 6.45) is 3.83. The van der Waals surface area contributed by atoms with E-state index in [9.17, 15) is 9.59 Å². The van der Waals surface area contributed by atoms with Crippen molar-refractivity contribution < 1.29 is 14.3 Å². The first-order valence-corrected chi connectivity index (χ1v) is 11.2. The summed E-state index contributed by atoms with van der Waals surface area (Å²) in [5.74, 6) is -0.853. The molecule has 144 valence electrons. The van der Waals surface area contributed by atoms with E-state index in [-0.39, 0.29) is 35.6 Å². The number of aryl methyl sites for hydroxylation is 2. The zero-order valence-corrected chi connectivity index (χ0v) is 17.2. The van der Waals surface area contributed by atoms with Gasteiger partial charge in [-0.2, -0.15) is 0 Å². The topological polar surface area (TPSA) is 43.4 Å². The lowest BCUT2D eigenvalue weighted by Crippen LogP contribution is -2.29. The number of thioether (sulfide) groups is 1. The smallest absolute Gasteiger partial charge is 0.154 e. The van der Waals surface area contributed by atoms with E-state index >= 15 is 0 Å². The number of ketones is 2. The molecule has 2 aromatic carbocycles. The fraction of sp³-hybridized carbons (Fsp3) is 0.417. The minimum Gasteiger partial charge on any atom is -0.373 e. The van der Waals surface area contributed by atoms with Gasteiger partial charge in [-0.05, 0) is 72.9 Å². The van der Waals surface area contributed by atoms with E-state index in [4.69, 9.17) is 4.74 Å². The third-order valence-electron chi connectivity index (χ3n) is 6.81. The molecule has 4 heteroatoms. The number of carbonyl (C=O) groups is 2. The lowest BCUT2D eigenvalue weighted by Gasteiger charge is -2.19. The molecule has 2 bridgehead atoms. The number of rotatable bonds is 3. The molecule has 2 aliphatic heterocycles. The number of hydrogen-bond acceptors (Lipinski definition) is 4. The molecule has 5 rings (SSSR count). The summed E-state index contributed by atoms with van der Waals surface area (Å²) in [6, 6.07) is 12.8. The Morgan fingerprint density at radius 2 is 1.39 bits per heavy atom. The van der Waals surface area contributed by atoms with E-state index in [0.29, 0.717) is 0 Å². The number of carbonyl (C=O) groups excluding carboxylic acids is 2. The molecule has 0 N–H and O–H groups in total. The zero-order chi connectivity index (χ0) is 19.6.